The molecule has 0 saturated carbocycles. The number of aryl methyl sites for hydroxylation is 1. The van der Waals surface area contributed by atoms with Gasteiger partial charge >= 0.3 is 0 Å². The smallest absolute Gasteiger partial charge is 0.169 e. The first-order valence-electron chi connectivity index (χ1n) is 18.4. The third kappa shape index (κ3) is 5.69. The fourth-order valence-corrected chi connectivity index (χ4v) is 7.88. The summed E-state index contributed by atoms with van der Waals surface area (Å²) in [7, 11) is 0. The van der Waals surface area contributed by atoms with Gasteiger partial charge in [0.1, 0.15) is 11.7 Å². The van der Waals surface area contributed by atoms with Crippen molar-refractivity contribution in [2.24, 2.45) is 9.98 Å². The van der Waals surface area contributed by atoms with Crippen LogP contribution in [0.5, 0.6) is 11.5 Å². The van der Waals surface area contributed by atoms with Crippen LogP contribution in [0.4, 0.5) is 28.4 Å². The highest BCUT2D eigenvalue weighted by atomic mass is 16.5. The fourth-order valence-electron chi connectivity index (χ4n) is 7.88. The molecule has 0 bridgehead atoms. The molecule has 3 heterocycles. The Kier molecular flexibility index (Phi) is 7.72. The Labute approximate surface area is 309 Å². The number of fused-ring (bicyclic) bond motifs is 3. The van der Waals surface area contributed by atoms with E-state index < -0.39 is 6.17 Å². The summed E-state index contributed by atoms with van der Waals surface area (Å²) in [5, 5.41) is 3.49. The van der Waals surface area contributed by atoms with E-state index in [1.807, 2.05) is 42.5 Å². The number of ether oxygens (including phenoxy) is 1. The monoisotopic (exact) mass is 687 g/mol. The number of benzene rings is 6. The third-order valence-electron chi connectivity index (χ3n) is 10.5. The zero-order chi connectivity index (χ0) is 35.1. The number of anilines is 5. The summed E-state index contributed by atoms with van der Waals surface area (Å²) in [5.41, 5.74) is 12.6. The zero-order valence-electron chi connectivity index (χ0n) is 29.2. The van der Waals surface area contributed by atoms with Gasteiger partial charge in [0.25, 0.3) is 0 Å². The van der Waals surface area contributed by atoms with Crippen molar-refractivity contribution < 1.29 is 4.74 Å². The molecule has 0 saturated heterocycles. The summed E-state index contributed by atoms with van der Waals surface area (Å²) in [4.78, 5) is 14.9. The number of allylic oxidation sites excluding steroid dienone is 4. The van der Waals surface area contributed by atoms with Crippen LogP contribution in [0.2, 0.25) is 0 Å². The van der Waals surface area contributed by atoms with Gasteiger partial charge in [-0.15, -0.1) is 0 Å². The van der Waals surface area contributed by atoms with E-state index in [0.717, 1.165) is 88.3 Å². The van der Waals surface area contributed by atoms with Crippen LogP contribution in [-0.4, -0.2) is 11.7 Å². The quantitative estimate of drug-likeness (QED) is 0.196. The number of amidine groups is 2. The Balaban J connectivity index is 1.04. The standard InChI is InChI=1S/C47H37N5O/c1-3-15-34(16-4-1)45-48-46(35-17-5-2-6-18-35)50-47(49-45)36-25-27-37(28-26-36)51-41-21-11-12-22-43(41)53-44-31-38(29-30-42(44)51)52-39-19-9-7-13-32(39)23-24-33-14-8-10-20-40(33)52/h1-9,11-19,21-22,25-31,47H,10,20,23-24H2,(H,48,49,50). The average Bonchev–Trinajstić information content (AvgIpc) is 3.40. The Morgan fingerprint density at radius 3 is 1.94 bits per heavy atom. The Morgan fingerprint density at radius 1 is 0.547 bits per heavy atom. The van der Waals surface area contributed by atoms with Crippen LogP contribution in [0.15, 0.2) is 185 Å². The van der Waals surface area contributed by atoms with Crippen molar-refractivity contribution in [1.82, 2.24) is 5.32 Å². The second-order valence-corrected chi connectivity index (χ2v) is 13.7. The summed E-state index contributed by atoms with van der Waals surface area (Å²) in [6.07, 6.45) is 8.40. The van der Waals surface area contributed by atoms with Crippen LogP contribution in [0.3, 0.4) is 0 Å². The predicted molar refractivity (Wildman–Crippen MR) is 215 cm³/mol. The number of nitrogens with zero attached hydrogens (tertiary/aromatic N) is 4. The molecule has 0 fully saturated rings. The molecule has 0 amide bonds. The Morgan fingerprint density at radius 2 is 1.19 bits per heavy atom. The average molecular weight is 688 g/mol. The summed E-state index contributed by atoms with van der Waals surface area (Å²) >= 11 is 0. The maximum Gasteiger partial charge on any atom is 0.169 e. The number of nitrogens with one attached hydrogen (secondary N) is 1. The van der Waals surface area contributed by atoms with Crippen LogP contribution >= 0.6 is 0 Å². The molecule has 53 heavy (non-hydrogen) atoms. The predicted octanol–water partition coefficient (Wildman–Crippen LogP) is 11.4. The molecule has 6 nitrogen and oxygen atoms in total. The summed E-state index contributed by atoms with van der Waals surface area (Å²) in [6.45, 7) is 0. The second kappa shape index (κ2) is 13.1. The Bertz CT molecular complexity index is 2410. The zero-order valence-corrected chi connectivity index (χ0v) is 29.2. The topological polar surface area (TPSA) is 52.5 Å². The van der Waals surface area contributed by atoms with Gasteiger partial charge < -0.3 is 19.9 Å². The molecule has 6 aromatic rings. The van der Waals surface area contributed by atoms with Crippen LogP contribution in [0.1, 0.15) is 47.7 Å². The molecule has 1 aliphatic carbocycles. The lowest BCUT2D eigenvalue weighted by molar-refractivity contribution is 0.477. The number of para-hydroxylation sites is 3. The largest absolute Gasteiger partial charge is 0.453 e. The van der Waals surface area contributed by atoms with Crippen molar-refractivity contribution in [2.75, 3.05) is 9.80 Å². The van der Waals surface area contributed by atoms with Crippen molar-refractivity contribution in [3.05, 3.63) is 197 Å². The van der Waals surface area contributed by atoms with Gasteiger partial charge in [0, 0.05) is 40.0 Å². The molecule has 256 valence electrons. The van der Waals surface area contributed by atoms with E-state index in [1.165, 1.54) is 22.5 Å². The molecule has 0 spiro atoms. The summed E-state index contributed by atoms with van der Waals surface area (Å²) < 4.78 is 6.70. The molecule has 6 heteroatoms. The van der Waals surface area contributed by atoms with E-state index in [-0.39, 0.29) is 0 Å². The molecular formula is C47H37N5O. The second-order valence-electron chi connectivity index (χ2n) is 13.7. The molecule has 0 atom stereocenters. The lowest BCUT2D eigenvalue weighted by Gasteiger charge is -2.35. The Hall–Kier alpha value is -6.66. The van der Waals surface area contributed by atoms with Crippen molar-refractivity contribution in [2.45, 2.75) is 31.8 Å². The van der Waals surface area contributed by atoms with Gasteiger partial charge in [-0.05, 0) is 84.8 Å². The summed E-state index contributed by atoms with van der Waals surface area (Å²) in [5.74, 6) is 3.26. The number of hydrogen-bond acceptors (Lipinski definition) is 6. The normalized spacial score (nSPS) is 16.2. The highest BCUT2D eigenvalue weighted by Gasteiger charge is 2.30. The maximum absolute atomic E-state index is 6.70. The molecular weight excluding hydrogens is 651 g/mol. The van der Waals surface area contributed by atoms with Crippen LogP contribution in [0.25, 0.3) is 0 Å². The molecule has 3 aliphatic heterocycles. The van der Waals surface area contributed by atoms with E-state index in [2.05, 4.69) is 136 Å². The van der Waals surface area contributed by atoms with Gasteiger partial charge in [-0.1, -0.05) is 115 Å². The van der Waals surface area contributed by atoms with E-state index in [0.29, 0.717) is 0 Å². The van der Waals surface area contributed by atoms with Gasteiger partial charge in [-0.25, -0.2) is 9.98 Å². The molecule has 0 aromatic heterocycles. The van der Waals surface area contributed by atoms with Crippen LogP contribution < -0.4 is 19.9 Å². The van der Waals surface area contributed by atoms with E-state index in [1.54, 1.807) is 0 Å². The van der Waals surface area contributed by atoms with E-state index in [9.17, 15) is 0 Å². The molecule has 10 rings (SSSR count). The minimum absolute atomic E-state index is 0.395. The van der Waals surface area contributed by atoms with Crippen molar-refractivity contribution in [3.8, 4) is 11.5 Å². The van der Waals surface area contributed by atoms with Crippen LogP contribution in [0, 0.1) is 0 Å². The fraction of sp³-hybridized carbons (Fsp3) is 0.106. The first-order valence-corrected chi connectivity index (χ1v) is 18.4. The minimum atomic E-state index is -0.395. The molecule has 0 unspecified atom stereocenters. The SMILES string of the molecule is C1=CC2=C(CC1)N(c1ccc3c(c1)Oc1ccccc1N3c1ccc(C3N=C(c4ccccc4)NC(c4ccccc4)=N3)cc1)c1ccccc1CC2. The van der Waals surface area contributed by atoms with Crippen molar-refractivity contribution >= 4 is 40.1 Å². The molecule has 6 aromatic carbocycles. The molecule has 4 aliphatic rings. The molecule has 1 N–H and O–H groups in total. The first-order chi connectivity index (χ1) is 26.3. The van der Waals surface area contributed by atoms with Crippen molar-refractivity contribution in [1.29, 1.82) is 0 Å². The molecule has 0 radical (unpaired) electrons. The van der Waals surface area contributed by atoms with Gasteiger partial charge in [0.15, 0.2) is 17.7 Å². The van der Waals surface area contributed by atoms with Gasteiger partial charge in [0.2, 0.25) is 0 Å². The highest BCUT2D eigenvalue weighted by molar-refractivity contribution is 6.15. The number of rotatable bonds is 5. The van der Waals surface area contributed by atoms with E-state index in [4.69, 9.17) is 14.7 Å². The third-order valence-corrected chi connectivity index (χ3v) is 10.5. The van der Waals surface area contributed by atoms with E-state index >= 15 is 0 Å². The van der Waals surface area contributed by atoms with Gasteiger partial charge in [-0.3, -0.25) is 0 Å². The maximum atomic E-state index is 6.70. The lowest BCUT2D eigenvalue weighted by atomic mass is 9.98. The lowest BCUT2D eigenvalue weighted by Crippen LogP contribution is -2.35. The first kappa shape index (κ1) is 31.1. The number of hydrogen-bond donors (Lipinski definition) is 1. The van der Waals surface area contributed by atoms with Gasteiger partial charge in [0.05, 0.1) is 11.4 Å². The number of aliphatic imine (C=N–C) groups is 2. The highest BCUT2D eigenvalue weighted by Crippen LogP contribution is 2.52. The minimum Gasteiger partial charge on any atom is -0.453 e. The van der Waals surface area contributed by atoms with Crippen LogP contribution in [-0.2, 0) is 6.42 Å². The van der Waals surface area contributed by atoms with Gasteiger partial charge in [-0.2, -0.15) is 0 Å². The van der Waals surface area contributed by atoms with Crippen molar-refractivity contribution in [3.63, 3.8) is 0 Å². The summed E-state index contributed by atoms with van der Waals surface area (Å²) in [6, 6.07) is 52.9.